The van der Waals surface area contributed by atoms with Crippen molar-refractivity contribution in [1.82, 2.24) is 4.90 Å². The van der Waals surface area contributed by atoms with Crippen LogP contribution in [0.2, 0.25) is 0 Å². The van der Waals surface area contributed by atoms with Crippen LogP contribution >= 0.6 is 0 Å². The third-order valence-corrected chi connectivity index (χ3v) is 4.28. The molecule has 104 valence electrons. The quantitative estimate of drug-likeness (QED) is 0.830. The number of rotatable bonds is 4. The molecule has 0 aromatic heterocycles. The lowest BCUT2D eigenvalue weighted by molar-refractivity contribution is -0.133. The Balaban J connectivity index is 1.77. The lowest BCUT2D eigenvalue weighted by atomic mass is 9.94. The number of amides is 1. The average Bonchev–Trinajstić information content (AvgIpc) is 2.77. The number of nitrogens with two attached hydrogens (primary N) is 1. The number of carbonyl (C=O) groups excluding carboxylic acids is 1. The number of hydrogen-bond acceptors (Lipinski definition) is 3. The van der Waals surface area contributed by atoms with E-state index in [9.17, 15) is 4.79 Å². The van der Waals surface area contributed by atoms with E-state index >= 15 is 0 Å². The molecule has 2 aliphatic rings. The van der Waals surface area contributed by atoms with E-state index in [-0.39, 0.29) is 17.6 Å². The number of hydrogen-bond donors (Lipinski definition) is 1. The van der Waals surface area contributed by atoms with E-state index in [2.05, 4.69) is 0 Å². The van der Waals surface area contributed by atoms with Crippen molar-refractivity contribution in [2.45, 2.75) is 63.0 Å². The number of nitrogens with zero attached hydrogens (tertiary/aromatic N) is 1. The fourth-order valence-electron chi connectivity index (χ4n) is 3.05. The summed E-state index contributed by atoms with van der Waals surface area (Å²) in [6.45, 7) is 1.56. The normalized spacial score (nSPS) is 27.1. The van der Waals surface area contributed by atoms with Crippen molar-refractivity contribution >= 4 is 5.91 Å². The second-order valence-corrected chi connectivity index (χ2v) is 6.01. The minimum absolute atomic E-state index is 0.175. The van der Waals surface area contributed by atoms with Crippen molar-refractivity contribution in [3.63, 3.8) is 0 Å². The molecular weight excluding hydrogens is 228 g/mol. The Morgan fingerprint density at radius 2 is 2.06 bits per heavy atom. The van der Waals surface area contributed by atoms with Crippen molar-refractivity contribution in [1.29, 1.82) is 0 Å². The smallest absolute Gasteiger partial charge is 0.224 e. The van der Waals surface area contributed by atoms with Crippen LogP contribution in [0.25, 0.3) is 0 Å². The molecule has 1 saturated carbocycles. The van der Waals surface area contributed by atoms with Crippen LogP contribution in [0.3, 0.4) is 0 Å². The third-order valence-electron chi connectivity index (χ3n) is 4.28. The molecule has 1 atom stereocenters. The molecule has 0 aromatic rings. The first kappa shape index (κ1) is 13.8. The van der Waals surface area contributed by atoms with Gasteiger partial charge in [0.15, 0.2) is 0 Å². The topological polar surface area (TPSA) is 55.6 Å². The van der Waals surface area contributed by atoms with Gasteiger partial charge in [-0.3, -0.25) is 4.79 Å². The summed E-state index contributed by atoms with van der Waals surface area (Å²) in [5, 5.41) is 0. The monoisotopic (exact) mass is 254 g/mol. The highest BCUT2D eigenvalue weighted by Crippen LogP contribution is 2.30. The number of likely N-dealkylation sites (N-methyl/N-ethyl adjacent to an activating group) is 1. The second kappa shape index (κ2) is 6.02. The molecule has 1 amide bonds. The largest absolute Gasteiger partial charge is 0.376 e. The molecule has 2 rings (SSSR count). The molecule has 18 heavy (non-hydrogen) atoms. The van der Waals surface area contributed by atoms with Crippen LogP contribution in [0.4, 0.5) is 0 Å². The molecular formula is C14H26N2O2. The molecule has 0 radical (unpaired) electrons. The zero-order chi connectivity index (χ0) is 13.0. The van der Waals surface area contributed by atoms with Crippen LogP contribution in [0.15, 0.2) is 0 Å². The molecule has 4 nitrogen and oxygen atoms in total. The van der Waals surface area contributed by atoms with E-state index in [1.165, 1.54) is 19.3 Å². The molecule has 1 heterocycles. The molecule has 4 heteroatoms. The van der Waals surface area contributed by atoms with Crippen molar-refractivity contribution in [2.75, 3.05) is 20.2 Å². The maximum atomic E-state index is 12.2. The summed E-state index contributed by atoms with van der Waals surface area (Å²) in [6, 6.07) is 0. The average molecular weight is 254 g/mol. The molecule has 1 saturated heterocycles. The first-order valence-electron chi connectivity index (χ1n) is 7.23. The maximum Gasteiger partial charge on any atom is 0.224 e. The van der Waals surface area contributed by atoms with Gasteiger partial charge in [-0.15, -0.1) is 0 Å². The third kappa shape index (κ3) is 3.69. The summed E-state index contributed by atoms with van der Waals surface area (Å²) in [5.74, 6) is 0.175. The highest BCUT2D eigenvalue weighted by Gasteiger charge is 2.33. The van der Waals surface area contributed by atoms with Gasteiger partial charge in [-0.1, -0.05) is 12.8 Å². The van der Waals surface area contributed by atoms with Gasteiger partial charge < -0.3 is 15.4 Å². The van der Waals surface area contributed by atoms with E-state index in [0.717, 1.165) is 38.8 Å². The number of carbonyl (C=O) groups is 1. The highest BCUT2D eigenvalue weighted by atomic mass is 16.5. The predicted octanol–water partition coefficient (Wildman–Crippen LogP) is 1.68. The van der Waals surface area contributed by atoms with Gasteiger partial charge in [-0.05, 0) is 32.1 Å². The fourth-order valence-corrected chi connectivity index (χ4v) is 3.05. The zero-order valence-corrected chi connectivity index (χ0v) is 11.5. The molecule has 1 unspecified atom stereocenters. The highest BCUT2D eigenvalue weighted by molar-refractivity contribution is 5.77. The van der Waals surface area contributed by atoms with Gasteiger partial charge in [-0.2, -0.15) is 0 Å². The van der Waals surface area contributed by atoms with Crippen LogP contribution in [0.5, 0.6) is 0 Å². The summed E-state index contributed by atoms with van der Waals surface area (Å²) in [7, 11) is 1.87. The van der Waals surface area contributed by atoms with Crippen molar-refractivity contribution in [3.8, 4) is 0 Å². The van der Waals surface area contributed by atoms with E-state index in [1.54, 1.807) is 0 Å². The Bertz CT molecular complexity index is 282. The molecule has 0 bridgehead atoms. The minimum Gasteiger partial charge on any atom is -0.376 e. The Hall–Kier alpha value is -0.610. The molecule has 1 aliphatic carbocycles. The zero-order valence-electron chi connectivity index (χ0n) is 11.5. The molecule has 2 N–H and O–H groups in total. The first-order chi connectivity index (χ1) is 8.59. The van der Waals surface area contributed by atoms with Crippen LogP contribution < -0.4 is 5.73 Å². The van der Waals surface area contributed by atoms with E-state index in [1.807, 2.05) is 11.9 Å². The van der Waals surface area contributed by atoms with Crippen molar-refractivity contribution in [2.24, 2.45) is 5.73 Å². The maximum absolute atomic E-state index is 12.2. The van der Waals surface area contributed by atoms with E-state index < -0.39 is 0 Å². The summed E-state index contributed by atoms with van der Waals surface area (Å²) < 4.78 is 5.67. The summed E-state index contributed by atoms with van der Waals surface area (Å²) in [4.78, 5) is 14.0. The Kier molecular flexibility index (Phi) is 4.62. The Labute approximate surface area is 110 Å². The van der Waals surface area contributed by atoms with Gasteiger partial charge in [0.05, 0.1) is 6.10 Å². The standard InChI is InChI=1S/C14H26N2O2/c1-16(11-12-6-2-5-9-18-12)13(17)10-14(15)7-3-4-8-14/h12H,2-11,15H2,1H3. The molecule has 0 aromatic carbocycles. The summed E-state index contributed by atoms with van der Waals surface area (Å²) in [6.07, 6.45) is 8.48. The Morgan fingerprint density at radius 3 is 2.67 bits per heavy atom. The fraction of sp³-hybridized carbons (Fsp3) is 0.929. The Morgan fingerprint density at radius 1 is 1.33 bits per heavy atom. The summed E-state index contributed by atoms with van der Waals surface area (Å²) in [5.41, 5.74) is 6.01. The second-order valence-electron chi connectivity index (χ2n) is 6.01. The van der Waals surface area contributed by atoms with Gasteiger partial charge >= 0.3 is 0 Å². The van der Waals surface area contributed by atoms with Gasteiger partial charge in [0.1, 0.15) is 0 Å². The van der Waals surface area contributed by atoms with E-state index in [4.69, 9.17) is 10.5 Å². The van der Waals surface area contributed by atoms with E-state index in [0.29, 0.717) is 6.42 Å². The van der Waals surface area contributed by atoms with Crippen LogP contribution in [-0.4, -0.2) is 42.6 Å². The molecule has 2 fully saturated rings. The van der Waals surface area contributed by atoms with Crippen LogP contribution in [0.1, 0.15) is 51.4 Å². The van der Waals surface area contributed by atoms with Gasteiger partial charge in [0.25, 0.3) is 0 Å². The van der Waals surface area contributed by atoms with Gasteiger partial charge in [0, 0.05) is 32.2 Å². The number of ether oxygens (including phenoxy) is 1. The van der Waals surface area contributed by atoms with Crippen molar-refractivity contribution in [3.05, 3.63) is 0 Å². The summed E-state index contributed by atoms with van der Waals surface area (Å²) >= 11 is 0. The van der Waals surface area contributed by atoms with Gasteiger partial charge in [-0.25, -0.2) is 0 Å². The lowest BCUT2D eigenvalue weighted by Gasteiger charge is -2.30. The van der Waals surface area contributed by atoms with Crippen molar-refractivity contribution < 1.29 is 9.53 Å². The molecule has 1 aliphatic heterocycles. The van der Waals surface area contributed by atoms with Crippen LogP contribution in [-0.2, 0) is 9.53 Å². The lowest BCUT2D eigenvalue weighted by Crippen LogP contribution is -2.44. The minimum atomic E-state index is -0.237. The molecule has 0 spiro atoms. The first-order valence-corrected chi connectivity index (χ1v) is 7.23. The predicted molar refractivity (Wildman–Crippen MR) is 71.2 cm³/mol. The van der Waals surface area contributed by atoms with Crippen LogP contribution in [0, 0.1) is 0 Å². The SMILES string of the molecule is CN(CC1CCCCO1)C(=O)CC1(N)CCCC1. The van der Waals surface area contributed by atoms with Gasteiger partial charge in [0.2, 0.25) is 5.91 Å².